The third-order valence-electron chi connectivity index (χ3n) is 5.57. The van der Waals surface area contributed by atoms with Crippen molar-refractivity contribution >= 4 is 27.7 Å². The standard InChI is InChI=1S/C19H29ClN4O3S/c1-16-3-4-17(15-18(16)20)5-6-19(25)22-9-13-24(14-10-22)28(26,27)23-11-7-21(2)8-12-23/h3-4,15H,5-14H2,1-2H3. The van der Waals surface area contributed by atoms with E-state index in [2.05, 4.69) is 4.90 Å². The van der Waals surface area contributed by atoms with Gasteiger partial charge in [0.2, 0.25) is 5.91 Å². The van der Waals surface area contributed by atoms with E-state index in [0.717, 1.165) is 24.2 Å². The molecular formula is C19H29ClN4O3S. The van der Waals surface area contributed by atoms with Crippen LogP contribution in [0.25, 0.3) is 0 Å². The molecule has 0 atom stereocenters. The number of benzene rings is 1. The van der Waals surface area contributed by atoms with Crippen LogP contribution in [-0.4, -0.2) is 92.1 Å². The SMILES string of the molecule is Cc1ccc(CCC(=O)N2CCN(S(=O)(=O)N3CCN(C)CC3)CC2)cc1Cl. The van der Waals surface area contributed by atoms with Crippen molar-refractivity contribution in [1.82, 2.24) is 18.4 Å². The zero-order chi connectivity index (χ0) is 20.3. The number of hydrogen-bond donors (Lipinski definition) is 0. The monoisotopic (exact) mass is 428 g/mol. The summed E-state index contributed by atoms with van der Waals surface area (Å²) in [5.41, 5.74) is 2.06. The Kier molecular flexibility index (Phi) is 6.98. The molecule has 2 saturated heterocycles. The molecule has 0 saturated carbocycles. The van der Waals surface area contributed by atoms with Gasteiger partial charge < -0.3 is 9.80 Å². The minimum Gasteiger partial charge on any atom is -0.340 e. The lowest BCUT2D eigenvalue weighted by atomic mass is 10.1. The Hall–Kier alpha value is -1.19. The first kappa shape index (κ1) is 21.5. The summed E-state index contributed by atoms with van der Waals surface area (Å²) in [5.74, 6) is 0.0633. The Morgan fingerprint density at radius 1 is 1.00 bits per heavy atom. The molecule has 2 aliphatic heterocycles. The molecule has 0 aromatic heterocycles. The van der Waals surface area contributed by atoms with Crippen molar-refractivity contribution in [3.8, 4) is 0 Å². The number of amides is 1. The Bertz CT molecular complexity index is 801. The van der Waals surface area contributed by atoms with E-state index >= 15 is 0 Å². The van der Waals surface area contributed by atoms with E-state index in [4.69, 9.17) is 11.6 Å². The fourth-order valence-corrected chi connectivity index (χ4v) is 5.33. The number of likely N-dealkylation sites (N-methyl/N-ethyl adjacent to an activating group) is 1. The van der Waals surface area contributed by atoms with E-state index in [9.17, 15) is 13.2 Å². The molecule has 3 rings (SSSR count). The number of nitrogens with zero attached hydrogens (tertiary/aromatic N) is 4. The molecule has 2 fully saturated rings. The first-order valence-electron chi connectivity index (χ1n) is 9.74. The van der Waals surface area contributed by atoms with Crippen LogP contribution >= 0.6 is 11.6 Å². The van der Waals surface area contributed by atoms with Crippen molar-refractivity contribution < 1.29 is 13.2 Å². The van der Waals surface area contributed by atoms with Crippen molar-refractivity contribution in [3.05, 3.63) is 34.3 Å². The maximum absolute atomic E-state index is 12.8. The van der Waals surface area contributed by atoms with Gasteiger partial charge in [0.25, 0.3) is 10.2 Å². The first-order valence-corrected chi connectivity index (χ1v) is 11.5. The van der Waals surface area contributed by atoms with Crippen molar-refractivity contribution in [1.29, 1.82) is 0 Å². The second-order valence-electron chi connectivity index (χ2n) is 7.57. The molecule has 1 amide bonds. The van der Waals surface area contributed by atoms with Crippen LogP contribution in [0, 0.1) is 6.92 Å². The summed E-state index contributed by atoms with van der Waals surface area (Å²) >= 11 is 6.14. The molecule has 1 aromatic rings. The van der Waals surface area contributed by atoms with Gasteiger partial charge in [-0.25, -0.2) is 0 Å². The van der Waals surface area contributed by atoms with Crippen molar-refractivity contribution in [2.45, 2.75) is 19.8 Å². The van der Waals surface area contributed by atoms with Gasteiger partial charge in [-0.05, 0) is 37.6 Å². The van der Waals surface area contributed by atoms with Crippen LogP contribution < -0.4 is 0 Å². The number of carbonyl (C=O) groups excluding carboxylic acids is 1. The largest absolute Gasteiger partial charge is 0.340 e. The summed E-state index contributed by atoms with van der Waals surface area (Å²) in [4.78, 5) is 16.4. The van der Waals surface area contributed by atoms with E-state index in [1.54, 1.807) is 9.21 Å². The highest BCUT2D eigenvalue weighted by molar-refractivity contribution is 7.86. The highest BCUT2D eigenvalue weighted by atomic mass is 35.5. The van der Waals surface area contributed by atoms with Crippen LogP contribution in [0.1, 0.15) is 17.5 Å². The van der Waals surface area contributed by atoms with E-state index in [0.29, 0.717) is 57.1 Å². The molecule has 0 bridgehead atoms. The fourth-order valence-electron chi connectivity index (χ4n) is 3.55. The molecular weight excluding hydrogens is 400 g/mol. The van der Waals surface area contributed by atoms with Gasteiger partial charge in [-0.1, -0.05) is 23.7 Å². The van der Waals surface area contributed by atoms with Gasteiger partial charge in [-0.15, -0.1) is 0 Å². The normalized spacial score (nSPS) is 20.5. The maximum atomic E-state index is 12.8. The molecule has 7 nitrogen and oxygen atoms in total. The second kappa shape index (κ2) is 9.09. The third-order valence-corrected chi connectivity index (χ3v) is 8.01. The van der Waals surface area contributed by atoms with Gasteiger partial charge in [0.05, 0.1) is 0 Å². The van der Waals surface area contributed by atoms with E-state index in [1.807, 2.05) is 32.2 Å². The molecule has 2 heterocycles. The van der Waals surface area contributed by atoms with Crippen LogP contribution in [0.5, 0.6) is 0 Å². The summed E-state index contributed by atoms with van der Waals surface area (Å²) in [6.07, 6.45) is 1.04. The average molecular weight is 429 g/mol. The Morgan fingerprint density at radius 2 is 1.57 bits per heavy atom. The number of rotatable bonds is 5. The lowest BCUT2D eigenvalue weighted by molar-refractivity contribution is -0.132. The van der Waals surface area contributed by atoms with Gasteiger partial charge in [0.15, 0.2) is 0 Å². The summed E-state index contributed by atoms with van der Waals surface area (Å²) in [5, 5.41) is 0.715. The number of halogens is 1. The quantitative estimate of drug-likeness (QED) is 0.707. The number of hydrogen-bond acceptors (Lipinski definition) is 4. The topological polar surface area (TPSA) is 64.2 Å². The van der Waals surface area contributed by atoms with Crippen LogP contribution in [0.3, 0.4) is 0 Å². The third kappa shape index (κ3) is 5.04. The van der Waals surface area contributed by atoms with Crippen LogP contribution in [0.2, 0.25) is 5.02 Å². The van der Waals surface area contributed by atoms with Gasteiger partial charge in [0, 0.05) is 63.8 Å². The molecule has 0 spiro atoms. The summed E-state index contributed by atoms with van der Waals surface area (Å²) in [7, 11) is -1.44. The zero-order valence-electron chi connectivity index (χ0n) is 16.6. The fraction of sp³-hybridized carbons (Fsp3) is 0.632. The molecule has 9 heteroatoms. The molecule has 0 aliphatic carbocycles. The molecule has 0 radical (unpaired) electrons. The predicted octanol–water partition coefficient (Wildman–Crippen LogP) is 1.22. The molecule has 28 heavy (non-hydrogen) atoms. The van der Waals surface area contributed by atoms with Gasteiger partial charge in [0.1, 0.15) is 0 Å². The van der Waals surface area contributed by atoms with E-state index in [1.165, 1.54) is 4.31 Å². The highest BCUT2D eigenvalue weighted by Gasteiger charge is 2.34. The minimum absolute atomic E-state index is 0.0633. The van der Waals surface area contributed by atoms with Gasteiger partial charge in [-0.2, -0.15) is 17.0 Å². The molecule has 0 N–H and O–H groups in total. The van der Waals surface area contributed by atoms with Crippen LogP contribution in [0.15, 0.2) is 18.2 Å². The smallest absolute Gasteiger partial charge is 0.282 e. The molecule has 2 aliphatic rings. The highest BCUT2D eigenvalue weighted by Crippen LogP contribution is 2.19. The zero-order valence-corrected chi connectivity index (χ0v) is 18.2. The Labute approximate surface area is 173 Å². The Balaban J connectivity index is 1.49. The van der Waals surface area contributed by atoms with Crippen LogP contribution in [-0.2, 0) is 21.4 Å². The lowest BCUT2D eigenvalue weighted by Crippen LogP contribution is -2.57. The van der Waals surface area contributed by atoms with Crippen molar-refractivity contribution in [2.75, 3.05) is 59.4 Å². The Morgan fingerprint density at radius 3 is 2.14 bits per heavy atom. The molecule has 156 valence electrons. The predicted molar refractivity (Wildman–Crippen MR) is 111 cm³/mol. The molecule has 1 aromatic carbocycles. The lowest BCUT2D eigenvalue weighted by Gasteiger charge is -2.39. The van der Waals surface area contributed by atoms with E-state index in [-0.39, 0.29) is 5.91 Å². The molecule has 0 unspecified atom stereocenters. The maximum Gasteiger partial charge on any atom is 0.282 e. The number of piperazine rings is 2. The number of aryl methyl sites for hydroxylation is 2. The summed E-state index contributed by atoms with van der Waals surface area (Å²) in [6.45, 7) is 6.11. The average Bonchev–Trinajstić information content (AvgIpc) is 2.69. The van der Waals surface area contributed by atoms with Gasteiger partial charge in [-0.3, -0.25) is 4.79 Å². The second-order valence-corrected chi connectivity index (χ2v) is 9.91. The van der Waals surface area contributed by atoms with Crippen molar-refractivity contribution in [2.24, 2.45) is 0 Å². The van der Waals surface area contributed by atoms with E-state index < -0.39 is 10.2 Å². The van der Waals surface area contributed by atoms with Crippen LogP contribution in [0.4, 0.5) is 0 Å². The van der Waals surface area contributed by atoms with Gasteiger partial charge >= 0.3 is 0 Å². The number of carbonyl (C=O) groups is 1. The van der Waals surface area contributed by atoms with Crippen molar-refractivity contribution in [3.63, 3.8) is 0 Å². The summed E-state index contributed by atoms with van der Waals surface area (Å²) in [6, 6.07) is 5.86. The minimum atomic E-state index is -3.43. The first-order chi connectivity index (χ1) is 13.3. The summed E-state index contributed by atoms with van der Waals surface area (Å²) < 4.78 is 28.7.